The topological polar surface area (TPSA) is 67.0 Å². The molecule has 0 spiro atoms. The molecule has 0 saturated carbocycles. The Morgan fingerprint density at radius 1 is 1.25 bits per heavy atom. The monoisotopic (exact) mass is 331 g/mol. The molecule has 0 bridgehead atoms. The van der Waals surface area contributed by atoms with Gasteiger partial charge in [0.05, 0.1) is 17.3 Å². The van der Waals surface area contributed by atoms with Crippen LogP contribution >= 0.6 is 0 Å². The van der Waals surface area contributed by atoms with Crippen LogP contribution in [0.4, 0.5) is 14.5 Å². The molecule has 0 aliphatic rings. The molecule has 24 heavy (non-hydrogen) atoms. The lowest BCUT2D eigenvalue weighted by molar-refractivity contribution is 0.102. The molecule has 2 N–H and O–H groups in total. The summed E-state index contributed by atoms with van der Waals surface area (Å²) >= 11 is 0. The zero-order chi connectivity index (χ0) is 17.3. The van der Waals surface area contributed by atoms with E-state index in [2.05, 4.69) is 15.3 Å². The minimum atomic E-state index is -0.978. The van der Waals surface area contributed by atoms with Crippen molar-refractivity contribution in [2.24, 2.45) is 0 Å². The fourth-order valence-electron chi connectivity index (χ4n) is 2.27. The van der Waals surface area contributed by atoms with Crippen LogP contribution in [0.3, 0.4) is 0 Å². The van der Waals surface area contributed by atoms with Crippen LogP contribution in [0, 0.1) is 11.6 Å². The van der Waals surface area contributed by atoms with Gasteiger partial charge in [0, 0.05) is 35.5 Å². The van der Waals surface area contributed by atoms with Crippen molar-refractivity contribution in [1.82, 2.24) is 9.97 Å². The second kappa shape index (κ2) is 6.27. The molecule has 0 saturated heterocycles. The van der Waals surface area contributed by atoms with Gasteiger partial charge in [-0.3, -0.25) is 4.79 Å². The molecule has 0 aliphatic heterocycles. The molecule has 0 atom stereocenters. The lowest BCUT2D eigenvalue weighted by atomic mass is 10.2. The van der Waals surface area contributed by atoms with E-state index >= 15 is 0 Å². The Morgan fingerprint density at radius 3 is 2.75 bits per heavy atom. The van der Waals surface area contributed by atoms with E-state index in [0.29, 0.717) is 28.0 Å². The fourth-order valence-corrected chi connectivity index (χ4v) is 2.27. The summed E-state index contributed by atoms with van der Waals surface area (Å²) in [5, 5.41) is 3.05. The molecule has 2 aromatic heterocycles. The largest absolute Gasteiger partial charge is 0.475 e. The first-order valence-electron chi connectivity index (χ1n) is 7.34. The highest BCUT2D eigenvalue weighted by Crippen LogP contribution is 2.26. The van der Waals surface area contributed by atoms with Gasteiger partial charge in [0.2, 0.25) is 5.88 Å². The number of fused-ring (bicyclic) bond motifs is 1. The van der Waals surface area contributed by atoms with Crippen molar-refractivity contribution in [3.8, 4) is 5.88 Å². The molecule has 7 heteroatoms. The summed E-state index contributed by atoms with van der Waals surface area (Å²) in [4.78, 5) is 19.2. The van der Waals surface area contributed by atoms with E-state index in [-0.39, 0.29) is 6.10 Å². The van der Waals surface area contributed by atoms with E-state index in [0.717, 1.165) is 12.1 Å². The second-order valence-electron chi connectivity index (χ2n) is 5.52. The minimum absolute atomic E-state index is 0.0673. The Labute approximate surface area is 136 Å². The molecule has 0 unspecified atom stereocenters. The summed E-state index contributed by atoms with van der Waals surface area (Å²) in [6, 6.07) is 5.14. The van der Waals surface area contributed by atoms with Crippen molar-refractivity contribution in [2.75, 3.05) is 5.32 Å². The van der Waals surface area contributed by atoms with Crippen LogP contribution in [0.5, 0.6) is 5.88 Å². The maximum Gasteiger partial charge on any atom is 0.255 e. The zero-order valence-electron chi connectivity index (χ0n) is 13.1. The summed E-state index contributed by atoms with van der Waals surface area (Å²) in [6.45, 7) is 3.71. The number of hydrogen-bond acceptors (Lipinski definition) is 3. The van der Waals surface area contributed by atoms with Crippen molar-refractivity contribution >= 4 is 22.5 Å². The standard InChI is InChI=1S/C17H15F2N3O2/c1-9(2)24-16-5-10(3-4-20-16)17(23)22-15-8-21-14-7-13(19)12(18)6-11(14)15/h3-9,21H,1-2H3,(H,22,23). The van der Waals surface area contributed by atoms with Gasteiger partial charge in [-0.1, -0.05) is 0 Å². The van der Waals surface area contributed by atoms with E-state index < -0.39 is 17.5 Å². The quantitative estimate of drug-likeness (QED) is 0.762. The third-order valence-corrected chi connectivity index (χ3v) is 3.32. The van der Waals surface area contributed by atoms with E-state index in [9.17, 15) is 13.6 Å². The van der Waals surface area contributed by atoms with Gasteiger partial charge >= 0.3 is 0 Å². The molecule has 3 aromatic rings. The summed E-state index contributed by atoms with van der Waals surface area (Å²) in [6.07, 6.45) is 2.88. The molecule has 1 amide bonds. The van der Waals surface area contributed by atoms with Crippen LogP contribution in [-0.2, 0) is 0 Å². The Bertz CT molecular complexity index is 906. The van der Waals surface area contributed by atoms with Crippen LogP contribution in [0.1, 0.15) is 24.2 Å². The van der Waals surface area contributed by atoms with Crippen molar-refractivity contribution in [2.45, 2.75) is 20.0 Å². The Kier molecular flexibility index (Phi) is 4.16. The number of nitrogens with zero attached hydrogens (tertiary/aromatic N) is 1. The third kappa shape index (κ3) is 3.19. The normalized spacial score (nSPS) is 11.0. The fraction of sp³-hybridized carbons (Fsp3) is 0.176. The summed E-state index contributed by atoms with van der Waals surface area (Å²) < 4.78 is 32.1. The van der Waals surface area contributed by atoms with Crippen LogP contribution in [0.15, 0.2) is 36.7 Å². The van der Waals surface area contributed by atoms with Gasteiger partial charge in [0.25, 0.3) is 5.91 Å². The van der Waals surface area contributed by atoms with Crippen LogP contribution in [-0.4, -0.2) is 22.0 Å². The molecule has 124 valence electrons. The van der Waals surface area contributed by atoms with E-state index in [1.54, 1.807) is 0 Å². The molecule has 0 fully saturated rings. The third-order valence-electron chi connectivity index (χ3n) is 3.32. The predicted octanol–water partition coefficient (Wildman–Crippen LogP) is 3.88. The van der Waals surface area contributed by atoms with Crippen molar-refractivity contribution in [3.05, 3.63) is 53.9 Å². The number of pyridine rings is 1. The van der Waals surface area contributed by atoms with E-state index in [4.69, 9.17) is 4.74 Å². The van der Waals surface area contributed by atoms with Crippen LogP contribution < -0.4 is 10.1 Å². The summed E-state index contributed by atoms with van der Waals surface area (Å²) in [5.41, 5.74) is 1.09. The van der Waals surface area contributed by atoms with Gasteiger partial charge in [0.15, 0.2) is 11.6 Å². The van der Waals surface area contributed by atoms with Crippen LogP contribution in [0.25, 0.3) is 10.9 Å². The van der Waals surface area contributed by atoms with Crippen molar-refractivity contribution in [3.63, 3.8) is 0 Å². The molecular weight excluding hydrogens is 316 g/mol. The van der Waals surface area contributed by atoms with Gasteiger partial charge in [-0.2, -0.15) is 0 Å². The molecule has 5 nitrogen and oxygen atoms in total. The first-order chi connectivity index (χ1) is 11.4. The first kappa shape index (κ1) is 15.9. The molecule has 1 aromatic carbocycles. The smallest absolute Gasteiger partial charge is 0.255 e. The molecular formula is C17H15F2N3O2. The average molecular weight is 331 g/mol. The number of nitrogens with one attached hydrogen (secondary N) is 2. The average Bonchev–Trinajstić information content (AvgIpc) is 2.89. The van der Waals surface area contributed by atoms with Crippen LogP contribution in [0.2, 0.25) is 0 Å². The van der Waals surface area contributed by atoms with E-state index in [1.165, 1.54) is 24.5 Å². The first-order valence-corrected chi connectivity index (χ1v) is 7.34. The Balaban J connectivity index is 1.86. The lowest BCUT2D eigenvalue weighted by Crippen LogP contribution is -2.13. The van der Waals surface area contributed by atoms with Crippen molar-refractivity contribution in [1.29, 1.82) is 0 Å². The van der Waals surface area contributed by atoms with Gasteiger partial charge in [-0.15, -0.1) is 0 Å². The number of ether oxygens (including phenoxy) is 1. The SMILES string of the molecule is CC(C)Oc1cc(C(=O)Nc2c[nH]c3cc(F)c(F)cc23)ccn1. The highest BCUT2D eigenvalue weighted by atomic mass is 19.2. The van der Waals surface area contributed by atoms with Gasteiger partial charge in [-0.25, -0.2) is 13.8 Å². The highest BCUT2D eigenvalue weighted by molar-refractivity contribution is 6.09. The van der Waals surface area contributed by atoms with Crippen molar-refractivity contribution < 1.29 is 18.3 Å². The maximum atomic E-state index is 13.4. The summed E-state index contributed by atoms with van der Waals surface area (Å²) in [5.74, 6) is -2.00. The minimum Gasteiger partial charge on any atom is -0.475 e. The number of aromatic nitrogens is 2. The highest BCUT2D eigenvalue weighted by Gasteiger charge is 2.13. The number of carbonyl (C=O) groups is 1. The number of aromatic amines is 1. The summed E-state index contributed by atoms with van der Waals surface area (Å²) in [7, 11) is 0. The number of amides is 1. The van der Waals surface area contributed by atoms with E-state index in [1.807, 2.05) is 13.8 Å². The number of carbonyl (C=O) groups excluding carboxylic acids is 1. The van der Waals surface area contributed by atoms with Gasteiger partial charge < -0.3 is 15.0 Å². The number of H-pyrrole nitrogens is 1. The predicted molar refractivity (Wildman–Crippen MR) is 86.2 cm³/mol. The number of anilines is 1. The number of hydrogen-bond donors (Lipinski definition) is 2. The zero-order valence-corrected chi connectivity index (χ0v) is 13.1. The molecule has 0 radical (unpaired) electrons. The molecule has 2 heterocycles. The van der Waals surface area contributed by atoms with Gasteiger partial charge in [0.1, 0.15) is 0 Å². The maximum absolute atomic E-state index is 13.4. The second-order valence-corrected chi connectivity index (χ2v) is 5.52. The molecule has 3 rings (SSSR count). The Hall–Kier alpha value is -2.96. The van der Waals surface area contributed by atoms with Gasteiger partial charge in [-0.05, 0) is 26.0 Å². The lowest BCUT2D eigenvalue weighted by Gasteiger charge is -2.09. The Morgan fingerprint density at radius 2 is 2.00 bits per heavy atom. The number of rotatable bonds is 4. The number of halogens is 2. The number of benzene rings is 1. The molecule has 0 aliphatic carbocycles.